The zero-order valence-corrected chi connectivity index (χ0v) is 31.9. The van der Waals surface area contributed by atoms with E-state index in [0.717, 1.165) is 93.1 Å². The number of anilines is 2. The van der Waals surface area contributed by atoms with E-state index in [9.17, 15) is 9.65 Å². The first-order valence-corrected chi connectivity index (χ1v) is 20.2. The first-order chi connectivity index (χ1) is 26.9. The Morgan fingerprint density at radius 2 is 1.73 bits per heavy atom. The van der Waals surface area contributed by atoms with Crippen LogP contribution in [0.25, 0.3) is 0 Å². The van der Waals surface area contributed by atoms with Crippen molar-refractivity contribution in [3.05, 3.63) is 111 Å². The predicted octanol–water partition coefficient (Wildman–Crippen LogP) is 7.35. The number of nitriles is 1. The molecule has 9 nitrogen and oxygen atoms in total. The first-order valence-electron chi connectivity index (χ1n) is 20.2. The summed E-state index contributed by atoms with van der Waals surface area (Å²) >= 11 is 0. The Labute approximate surface area is 324 Å². The average molecular weight is 743 g/mol. The van der Waals surface area contributed by atoms with Gasteiger partial charge in [0.25, 0.3) is 0 Å². The Morgan fingerprint density at radius 1 is 0.945 bits per heavy atom. The molecule has 0 amide bonds. The molecule has 286 valence electrons. The minimum atomic E-state index is -0.830. The van der Waals surface area contributed by atoms with Crippen molar-refractivity contribution in [1.82, 2.24) is 14.9 Å². The molecule has 4 aromatic rings. The SMILES string of the molecule is Cc1cc(N(Cc2ccccc2)Cc2ccccc2)c(C#N)c2c1CCCC21Cc2nc(OC[C@@]34CCCN3C[C@H](F)C4)nc(N3CCCOCC3)c2CO1. The number of rotatable bonds is 9. The van der Waals surface area contributed by atoms with Gasteiger partial charge in [-0.3, -0.25) is 4.90 Å². The van der Waals surface area contributed by atoms with Crippen molar-refractivity contribution in [3.63, 3.8) is 0 Å². The third-order valence-electron chi connectivity index (χ3n) is 12.7. The minimum absolute atomic E-state index is 0.303. The van der Waals surface area contributed by atoms with Crippen LogP contribution in [0.5, 0.6) is 6.01 Å². The van der Waals surface area contributed by atoms with Gasteiger partial charge in [-0.15, -0.1) is 0 Å². The quantitative estimate of drug-likeness (QED) is 0.175. The molecule has 1 unspecified atom stereocenters. The molecule has 3 saturated heterocycles. The molecule has 3 atom stereocenters. The number of hydrogen-bond acceptors (Lipinski definition) is 9. The Bertz CT molecular complexity index is 2010. The smallest absolute Gasteiger partial charge is 0.318 e. The molecular weight excluding hydrogens is 692 g/mol. The first kappa shape index (κ1) is 36.1. The second-order valence-corrected chi connectivity index (χ2v) is 16.3. The molecule has 1 spiro atoms. The number of fused-ring (bicyclic) bond motifs is 4. The second-order valence-electron chi connectivity index (χ2n) is 16.3. The van der Waals surface area contributed by atoms with Crippen LogP contribution in [-0.4, -0.2) is 72.6 Å². The number of alkyl halides is 1. The summed E-state index contributed by atoms with van der Waals surface area (Å²) in [6.45, 7) is 8.50. The summed E-state index contributed by atoms with van der Waals surface area (Å²) in [5, 5.41) is 11.2. The van der Waals surface area contributed by atoms with E-state index in [1.54, 1.807) is 0 Å². The van der Waals surface area contributed by atoms with Crippen molar-refractivity contribution in [2.45, 2.75) is 95.3 Å². The number of aromatic nitrogens is 2. The van der Waals surface area contributed by atoms with Gasteiger partial charge in [-0.05, 0) is 80.3 Å². The number of nitrogens with zero attached hydrogens (tertiary/aromatic N) is 6. The summed E-state index contributed by atoms with van der Waals surface area (Å²) < 4.78 is 34.2. The van der Waals surface area contributed by atoms with E-state index < -0.39 is 11.8 Å². The van der Waals surface area contributed by atoms with Crippen LogP contribution in [0.3, 0.4) is 0 Å². The summed E-state index contributed by atoms with van der Waals surface area (Å²) in [7, 11) is 0. The van der Waals surface area contributed by atoms with Gasteiger partial charge in [0, 0.05) is 63.3 Å². The lowest BCUT2D eigenvalue weighted by Crippen LogP contribution is -2.44. The summed E-state index contributed by atoms with van der Waals surface area (Å²) in [5.74, 6) is 0.842. The van der Waals surface area contributed by atoms with Crippen molar-refractivity contribution in [2.75, 3.05) is 55.8 Å². The zero-order chi connectivity index (χ0) is 37.4. The van der Waals surface area contributed by atoms with Crippen molar-refractivity contribution < 1.29 is 18.6 Å². The normalized spacial score (nSPS) is 24.8. The standard InChI is InChI=1S/C45H51FN6O3/c1-32-23-40(51(27-33-11-4-2-5-12-33)28-34-13-6-3-7-14-34)37(26-47)41-36(32)15-8-17-45(41)25-39-38(30-55-45)42(50-18-10-21-53-22-20-50)49-43(48-39)54-31-44-16-9-19-52(44)29-35(46)24-44/h2-7,11-14,23,35H,8-10,15-22,24-25,27-31H2,1H3/t35-,44+,45?/m1/s1. The van der Waals surface area contributed by atoms with E-state index in [-0.39, 0.29) is 5.54 Å². The van der Waals surface area contributed by atoms with Gasteiger partial charge < -0.3 is 24.0 Å². The fraction of sp³-hybridized carbons (Fsp3) is 0.489. The molecule has 3 aromatic carbocycles. The lowest BCUT2D eigenvalue weighted by Gasteiger charge is -2.44. The van der Waals surface area contributed by atoms with Crippen LogP contribution in [0.15, 0.2) is 66.7 Å². The maximum Gasteiger partial charge on any atom is 0.318 e. The number of hydrogen-bond donors (Lipinski definition) is 0. The van der Waals surface area contributed by atoms with Gasteiger partial charge in [0.15, 0.2) is 0 Å². The molecule has 0 saturated carbocycles. The van der Waals surface area contributed by atoms with Gasteiger partial charge in [-0.1, -0.05) is 60.7 Å². The Morgan fingerprint density at radius 3 is 2.49 bits per heavy atom. The van der Waals surface area contributed by atoms with Crippen molar-refractivity contribution >= 4 is 11.5 Å². The maximum atomic E-state index is 14.7. The van der Waals surface area contributed by atoms with Gasteiger partial charge >= 0.3 is 6.01 Å². The lowest BCUT2D eigenvalue weighted by molar-refractivity contribution is -0.0857. The number of halogens is 1. The highest BCUT2D eigenvalue weighted by molar-refractivity contribution is 5.69. The van der Waals surface area contributed by atoms with Crippen LogP contribution >= 0.6 is 0 Å². The summed E-state index contributed by atoms with van der Waals surface area (Å²) in [6, 6.07) is 26.3. The van der Waals surface area contributed by atoms with Gasteiger partial charge in [0.05, 0.1) is 35.7 Å². The number of ether oxygens (including phenoxy) is 3. The Kier molecular flexibility index (Phi) is 9.96. The molecular formula is C45H51FN6O3. The summed E-state index contributed by atoms with van der Waals surface area (Å²) in [4.78, 5) is 17.2. The molecule has 55 heavy (non-hydrogen) atoms. The molecule has 1 aromatic heterocycles. The predicted molar refractivity (Wildman–Crippen MR) is 210 cm³/mol. The van der Waals surface area contributed by atoms with Crippen LogP contribution < -0.4 is 14.5 Å². The van der Waals surface area contributed by atoms with Crippen molar-refractivity contribution in [2.24, 2.45) is 0 Å². The van der Waals surface area contributed by atoms with E-state index in [2.05, 4.69) is 82.3 Å². The average Bonchev–Trinajstić information content (AvgIpc) is 3.59. The van der Waals surface area contributed by atoms with E-state index in [1.807, 2.05) is 12.1 Å². The molecule has 3 fully saturated rings. The highest BCUT2D eigenvalue weighted by atomic mass is 19.1. The molecule has 10 heteroatoms. The summed E-state index contributed by atoms with van der Waals surface area (Å²) in [6.07, 6.45) is 5.70. The largest absolute Gasteiger partial charge is 0.461 e. The van der Waals surface area contributed by atoms with Gasteiger partial charge in [-0.2, -0.15) is 15.2 Å². The van der Waals surface area contributed by atoms with Crippen molar-refractivity contribution in [3.8, 4) is 12.1 Å². The molecule has 4 aliphatic heterocycles. The van der Waals surface area contributed by atoms with Crippen LogP contribution in [0.4, 0.5) is 15.9 Å². The fourth-order valence-corrected chi connectivity index (χ4v) is 10.1. The van der Waals surface area contributed by atoms with E-state index in [0.29, 0.717) is 63.9 Å². The van der Waals surface area contributed by atoms with Gasteiger partial charge in [0.1, 0.15) is 30.3 Å². The van der Waals surface area contributed by atoms with E-state index in [4.69, 9.17) is 24.2 Å². The van der Waals surface area contributed by atoms with Crippen LogP contribution in [0.1, 0.15) is 83.2 Å². The number of benzene rings is 3. The molecule has 0 radical (unpaired) electrons. The summed E-state index contributed by atoms with van der Waals surface area (Å²) in [5.41, 5.74) is 8.28. The van der Waals surface area contributed by atoms with Crippen LogP contribution in [-0.2, 0) is 47.6 Å². The molecule has 5 aliphatic rings. The molecule has 0 bridgehead atoms. The molecule has 0 N–H and O–H groups in total. The highest BCUT2D eigenvalue weighted by Gasteiger charge is 2.50. The lowest BCUT2D eigenvalue weighted by atomic mass is 9.71. The topological polar surface area (TPSA) is 87.0 Å². The van der Waals surface area contributed by atoms with E-state index in [1.165, 1.54) is 22.3 Å². The second kappa shape index (κ2) is 15.2. The van der Waals surface area contributed by atoms with Crippen molar-refractivity contribution in [1.29, 1.82) is 5.26 Å². The molecule has 1 aliphatic carbocycles. The van der Waals surface area contributed by atoms with Crippen LogP contribution in [0, 0.1) is 18.3 Å². The van der Waals surface area contributed by atoms with E-state index >= 15 is 0 Å². The third kappa shape index (κ3) is 6.96. The van der Waals surface area contributed by atoms with Gasteiger partial charge in [0.2, 0.25) is 0 Å². The molecule has 5 heterocycles. The van der Waals surface area contributed by atoms with Crippen LogP contribution in [0.2, 0.25) is 0 Å². The van der Waals surface area contributed by atoms with Gasteiger partial charge in [-0.25, -0.2) is 4.39 Å². The highest BCUT2D eigenvalue weighted by Crippen LogP contribution is 2.50. The fourth-order valence-electron chi connectivity index (χ4n) is 10.1. The maximum absolute atomic E-state index is 14.7. The zero-order valence-electron chi connectivity index (χ0n) is 31.9. The number of aryl methyl sites for hydroxylation is 1. The molecule has 9 rings (SSSR count). The third-order valence-corrected chi connectivity index (χ3v) is 12.7. The minimum Gasteiger partial charge on any atom is -0.461 e. The monoisotopic (exact) mass is 742 g/mol. The Hall–Kier alpha value is -4.56. The Balaban J connectivity index is 1.12.